The van der Waals surface area contributed by atoms with Crippen LogP contribution in [0.3, 0.4) is 0 Å². The minimum atomic E-state index is -1.28. The van der Waals surface area contributed by atoms with Gasteiger partial charge in [0, 0.05) is 18.2 Å². The third-order valence-electron chi connectivity index (χ3n) is 5.99. The first-order chi connectivity index (χ1) is 16.6. The Morgan fingerprint density at radius 1 is 1.09 bits per heavy atom. The second-order valence-electron chi connectivity index (χ2n) is 8.30. The normalized spacial score (nSPS) is 12.7. The van der Waals surface area contributed by atoms with Crippen LogP contribution in [-0.2, 0) is 16.0 Å². The van der Waals surface area contributed by atoms with E-state index in [1.165, 1.54) is 0 Å². The predicted molar refractivity (Wildman–Crippen MR) is 130 cm³/mol. The molecular formula is C24H28N6O5. The first-order valence-electron chi connectivity index (χ1n) is 11.1. The number of carboxylic acid groups (broad SMARTS) is 2. The van der Waals surface area contributed by atoms with Crippen molar-refractivity contribution in [1.29, 1.82) is 0 Å². The largest absolute Gasteiger partial charge is 0.481 e. The van der Waals surface area contributed by atoms with E-state index in [4.69, 9.17) is 16.6 Å². The number of rotatable bonds is 10. The van der Waals surface area contributed by atoms with Crippen LogP contribution in [0.25, 0.3) is 11.0 Å². The molecule has 0 aliphatic carbocycles. The Hall–Kier alpha value is -4.28. The molecule has 2 heterocycles. The number of benzene rings is 1. The van der Waals surface area contributed by atoms with Gasteiger partial charge in [0.1, 0.15) is 11.9 Å². The maximum absolute atomic E-state index is 12.5. The molecule has 11 heteroatoms. The van der Waals surface area contributed by atoms with Crippen molar-refractivity contribution in [2.45, 2.75) is 51.5 Å². The van der Waals surface area contributed by atoms with Crippen molar-refractivity contribution in [1.82, 2.24) is 20.3 Å². The SMILES string of the molecule is CCC(Cc1cnc2nc(N)nc(N)c2c1C)c1ccc(C(=O)N[C@@H](CCC(=O)O)C(=O)O)cc1. The molecule has 3 rings (SSSR count). The number of nitrogens with two attached hydrogens (primary N) is 2. The van der Waals surface area contributed by atoms with Crippen molar-refractivity contribution in [3.05, 3.63) is 52.7 Å². The van der Waals surface area contributed by atoms with Crippen LogP contribution in [0.5, 0.6) is 0 Å². The summed E-state index contributed by atoms with van der Waals surface area (Å²) < 4.78 is 0. The summed E-state index contributed by atoms with van der Waals surface area (Å²) in [6.07, 6.45) is 2.71. The zero-order chi connectivity index (χ0) is 25.7. The molecule has 1 unspecified atom stereocenters. The number of carbonyl (C=O) groups excluding carboxylic acids is 1. The lowest BCUT2D eigenvalue weighted by atomic mass is 9.88. The molecule has 35 heavy (non-hydrogen) atoms. The Morgan fingerprint density at radius 3 is 2.37 bits per heavy atom. The molecule has 7 N–H and O–H groups in total. The van der Waals surface area contributed by atoms with E-state index >= 15 is 0 Å². The highest BCUT2D eigenvalue weighted by molar-refractivity contribution is 5.96. The summed E-state index contributed by atoms with van der Waals surface area (Å²) >= 11 is 0. The van der Waals surface area contributed by atoms with Crippen LogP contribution >= 0.6 is 0 Å². The van der Waals surface area contributed by atoms with E-state index in [1.807, 2.05) is 19.1 Å². The topological polar surface area (TPSA) is 194 Å². The number of aliphatic carboxylic acids is 2. The van der Waals surface area contributed by atoms with Gasteiger partial charge in [-0.05, 0) is 60.9 Å². The molecule has 0 spiro atoms. The van der Waals surface area contributed by atoms with Crippen LogP contribution in [0.15, 0.2) is 30.5 Å². The van der Waals surface area contributed by atoms with Gasteiger partial charge in [-0.1, -0.05) is 19.1 Å². The van der Waals surface area contributed by atoms with Gasteiger partial charge >= 0.3 is 11.9 Å². The number of amides is 1. The number of nitrogen functional groups attached to an aromatic ring is 2. The van der Waals surface area contributed by atoms with Gasteiger partial charge in [-0.3, -0.25) is 9.59 Å². The summed E-state index contributed by atoms with van der Waals surface area (Å²) in [5.41, 5.74) is 15.4. The van der Waals surface area contributed by atoms with Crippen LogP contribution in [-0.4, -0.2) is 49.1 Å². The number of pyridine rings is 1. The molecule has 0 aliphatic rings. The predicted octanol–water partition coefficient (Wildman–Crippen LogP) is 2.28. The number of anilines is 2. The summed E-state index contributed by atoms with van der Waals surface area (Å²) in [5, 5.41) is 21.1. The molecule has 1 amide bonds. The molecule has 1 aromatic carbocycles. The molecule has 0 fully saturated rings. The van der Waals surface area contributed by atoms with Gasteiger partial charge in [0.2, 0.25) is 5.95 Å². The van der Waals surface area contributed by atoms with Gasteiger partial charge in [-0.15, -0.1) is 0 Å². The highest BCUT2D eigenvalue weighted by atomic mass is 16.4. The number of fused-ring (bicyclic) bond motifs is 1. The lowest BCUT2D eigenvalue weighted by Crippen LogP contribution is -2.41. The number of carboxylic acids is 2. The van der Waals surface area contributed by atoms with Crippen LogP contribution in [0, 0.1) is 6.92 Å². The second kappa shape index (κ2) is 10.8. The summed E-state index contributed by atoms with van der Waals surface area (Å²) in [4.78, 5) is 47.2. The minimum Gasteiger partial charge on any atom is -0.481 e. The number of nitrogens with one attached hydrogen (secondary N) is 1. The first-order valence-corrected chi connectivity index (χ1v) is 11.1. The number of hydrogen-bond donors (Lipinski definition) is 5. The molecule has 11 nitrogen and oxygen atoms in total. The second-order valence-corrected chi connectivity index (χ2v) is 8.30. The lowest BCUT2D eigenvalue weighted by molar-refractivity contribution is -0.140. The number of nitrogens with zero attached hydrogens (tertiary/aromatic N) is 3. The summed E-state index contributed by atoms with van der Waals surface area (Å²) in [5.74, 6) is -2.51. The van der Waals surface area contributed by atoms with E-state index in [-0.39, 0.29) is 36.1 Å². The van der Waals surface area contributed by atoms with Crippen molar-refractivity contribution < 1.29 is 24.6 Å². The molecule has 2 atom stereocenters. The van der Waals surface area contributed by atoms with Crippen molar-refractivity contribution in [2.24, 2.45) is 0 Å². The molecule has 0 aliphatic heterocycles. The summed E-state index contributed by atoms with van der Waals surface area (Å²) in [7, 11) is 0. The molecule has 0 radical (unpaired) electrons. The van der Waals surface area contributed by atoms with E-state index in [0.29, 0.717) is 17.5 Å². The van der Waals surface area contributed by atoms with Gasteiger partial charge in [-0.25, -0.2) is 9.78 Å². The highest BCUT2D eigenvalue weighted by Gasteiger charge is 2.22. The van der Waals surface area contributed by atoms with Crippen molar-refractivity contribution >= 4 is 40.6 Å². The molecule has 3 aromatic rings. The van der Waals surface area contributed by atoms with Crippen molar-refractivity contribution in [3.8, 4) is 0 Å². The Kier molecular flexibility index (Phi) is 7.80. The fourth-order valence-corrected chi connectivity index (χ4v) is 3.98. The number of carbonyl (C=O) groups is 3. The van der Waals surface area contributed by atoms with Crippen LogP contribution in [0.2, 0.25) is 0 Å². The Labute approximate surface area is 201 Å². The van der Waals surface area contributed by atoms with E-state index in [0.717, 1.165) is 23.1 Å². The Balaban J connectivity index is 1.76. The zero-order valence-corrected chi connectivity index (χ0v) is 19.5. The van der Waals surface area contributed by atoms with Crippen LogP contribution < -0.4 is 16.8 Å². The average Bonchev–Trinajstić information content (AvgIpc) is 2.80. The van der Waals surface area contributed by atoms with E-state index in [1.54, 1.807) is 18.3 Å². The third kappa shape index (κ3) is 5.99. The average molecular weight is 481 g/mol. The molecule has 2 aromatic heterocycles. The standard InChI is InChI=1S/C24H28N6O5/c1-3-13(10-16-11-27-21-19(12(16)2)20(25)29-24(26)30-21)14-4-6-15(7-5-14)22(33)28-17(23(34)35)8-9-18(31)32/h4-7,11,13,17H,3,8-10H2,1-2H3,(H,28,33)(H,31,32)(H,34,35)(H4,25,26,27,29,30)/t13?,17-/m0/s1. The number of aromatic nitrogens is 3. The maximum Gasteiger partial charge on any atom is 0.326 e. The quantitative estimate of drug-likeness (QED) is 0.287. The fraction of sp³-hybridized carbons (Fsp3) is 0.333. The van der Waals surface area contributed by atoms with Crippen molar-refractivity contribution in [2.75, 3.05) is 11.5 Å². The number of hydrogen-bond acceptors (Lipinski definition) is 8. The Bertz CT molecular complexity index is 1260. The van der Waals surface area contributed by atoms with Crippen LogP contribution in [0.4, 0.5) is 11.8 Å². The van der Waals surface area contributed by atoms with Gasteiger partial charge in [0.25, 0.3) is 5.91 Å². The maximum atomic E-state index is 12.5. The van der Waals surface area contributed by atoms with Gasteiger partial charge in [-0.2, -0.15) is 9.97 Å². The zero-order valence-electron chi connectivity index (χ0n) is 19.5. The lowest BCUT2D eigenvalue weighted by Gasteiger charge is -2.18. The van der Waals surface area contributed by atoms with Crippen LogP contribution in [0.1, 0.15) is 59.2 Å². The summed E-state index contributed by atoms with van der Waals surface area (Å²) in [6, 6.07) is 5.64. The molecule has 0 saturated heterocycles. The fourth-order valence-electron chi connectivity index (χ4n) is 3.98. The molecule has 0 bridgehead atoms. The van der Waals surface area contributed by atoms with Gasteiger partial charge < -0.3 is 27.0 Å². The van der Waals surface area contributed by atoms with E-state index in [9.17, 15) is 19.5 Å². The number of aryl methyl sites for hydroxylation is 1. The van der Waals surface area contributed by atoms with Gasteiger partial charge in [0.15, 0.2) is 5.65 Å². The van der Waals surface area contributed by atoms with Crippen molar-refractivity contribution in [3.63, 3.8) is 0 Å². The Morgan fingerprint density at radius 2 is 1.77 bits per heavy atom. The summed E-state index contributed by atoms with van der Waals surface area (Å²) in [6.45, 7) is 4.01. The smallest absolute Gasteiger partial charge is 0.326 e. The first kappa shape index (κ1) is 25.3. The van der Waals surface area contributed by atoms with E-state index in [2.05, 4.69) is 27.2 Å². The molecule has 184 valence electrons. The monoisotopic (exact) mass is 480 g/mol. The van der Waals surface area contributed by atoms with E-state index < -0.39 is 23.9 Å². The highest BCUT2D eigenvalue weighted by Crippen LogP contribution is 2.29. The third-order valence-corrected chi connectivity index (χ3v) is 5.99. The molecular weight excluding hydrogens is 452 g/mol. The molecule has 0 saturated carbocycles. The van der Waals surface area contributed by atoms with Gasteiger partial charge in [0.05, 0.1) is 5.39 Å². The minimum absolute atomic E-state index is 0.0711.